The van der Waals surface area contributed by atoms with Crippen molar-refractivity contribution in [3.63, 3.8) is 0 Å². The summed E-state index contributed by atoms with van der Waals surface area (Å²) < 4.78 is 51.9. The van der Waals surface area contributed by atoms with Crippen molar-refractivity contribution in [1.29, 1.82) is 0 Å². The molecule has 1 aromatic heterocycles. The summed E-state index contributed by atoms with van der Waals surface area (Å²) in [7, 11) is 0. The minimum atomic E-state index is -4.31. The topological polar surface area (TPSA) is 31.4 Å². The lowest BCUT2D eigenvalue weighted by Crippen LogP contribution is -2.46. The Morgan fingerprint density at radius 3 is 2.26 bits per heavy atom. The van der Waals surface area contributed by atoms with E-state index in [-0.39, 0.29) is 5.82 Å². The SMILES string of the molecule is Fc1ccc(-c2ccc(NCCCCN3CCN(c4cccc(C(F)(F)F)c4)CC3)nc2)cc1. The van der Waals surface area contributed by atoms with Crippen molar-refractivity contribution < 1.29 is 17.6 Å². The summed E-state index contributed by atoms with van der Waals surface area (Å²) in [6.45, 7) is 4.92. The molecule has 0 unspecified atom stereocenters. The van der Waals surface area contributed by atoms with Gasteiger partial charge in [0.1, 0.15) is 11.6 Å². The quantitative estimate of drug-likeness (QED) is 0.326. The highest BCUT2D eigenvalue weighted by Crippen LogP contribution is 2.32. The molecule has 2 heterocycles. The number of piperazine rings is 1. The van der Waals surface area contributed by atoms with Crippen LogP contribution in [0, 0.1) is 5.82 Å². The van der Waals surface area contributed by atoms with E-state index in [1.165, 1.54) is 24.3 Å². The number of pyridine rings is 1. The highest BCUT2D eigenvalue weighted by molar-refractivity contribution is 5.63. The molecule has 1 fully saturated rings. The number of nitrogens with zero attached hydrogens (tertiary/aromatic N) is 3. The molecule has 2 aromatic carbocycles. The zero-order valence-electron chi connectivity index (χ0n) is 18.9. The Kier molecular flexibility index (Phi) is 7.67. The number of nitrogens with one attached hydrogen (secondary N) is 1. The van der Waals surface area contributed by atoms with Crippen LogP contribution in [0.15, 0.2) is 66.9 Å². The van der Waals surface area contributed by atoms with Gasteiger partial charge in [0.05, 0.1) is 5.56 Å². The summed E-state index contributed by atoms with van der Waals surface area (Å²) in [5, 5.41) is 3.33. The van der Waals surface area contributed by atoms with E-state index < -0.39 is 11.7 Å². The Balaban J connectivity index is 1.14. The molecule has 0 aliphatic carbocycles. The molecule has 1 aliphatic rings. The molecular weight excluding hydrogens is 444 g/mol. The van der Waals surface area contributed by atoms with Crippen LogP contribution in [-0.2, 0) is 6.18 Å². The van der Waals surface area contributed by atoms with Crippen molar-refractivity contribution in [3.05, 3.63) is 78.2 Å². The highest BCUT2D eigenvalue weighted by Gasteiger charge is 2.31. The zero-order valence-corrected chi connectivity index (χ0v) is 18.9. The lowest BCUT2D eigenvalue weighted by Gasteiger charge is -2.36. The third-order valence-electron chi connectivity index (χ3n) is 6.06. The van der Waals surface area contributed by atoms with Crippen molar-refractivity contribution in [2.24, 2.45) is 0 Å². The van der Waals surface area contributed by atoms with Gasteiger partial charge in [-0.25, -0.2) is 9.37 Å². The summed E-state index contributed by atoms with van der Waals surface area (Å²) in [4.78, 5) is 8.82. The molecule has 1 N–H and O–H groups in total. The Labute approximate surface area is 197 Å². The summed E-state index contributed by atoms with van der Waals surface area (Å²) in [5.41, 5.74) is 1.90. The molecule has 0 saturated carbocycles. The number of anilines is 2. The lowest BCUT2D eigenvalue weighted by molar-refractivity contribution is -0.137. The average Bonchev–Trinajstić information content (AvgIpc) is 2.85. The van der Waals surface area contributed by atoms with E-state index in [1.807, 2.05) is 17.0 Å². The fourth-order valence-corrected chi connectivity index (χ4v) is 4.10. The number of alkyl halides is 3. The van der Waals surface area contributed by atoms with Crippen LogP contribution in [-0.4, -0.2) is 49.2 Å². The molecule has 4 nitrogen and oxygen atoms in total. The second-order valence-electron chi connectivity index (χ2n) is 8.45. The van der Waals surface area contributed by atoms with Crippen LogP contribution in [0.4, 0.5) is 29.1 Å². The van der Waals surface area contributed by atoms with Crippen molar-refractivity contribution >= 4 is 11.5 Å². The van der Waals surface area contributed by atoms with Gasteiger partial charge in [-0.2, -0.15) is 13.2 Å². The third kappa shape index (κ3) is 6.47. The van der Waals surface area contributed by atoms with Crippen LogP contribution in [0.3, 0.4) is 0 Å². The average molecular weight is 473 g/mol. The second-order valence-corrected chi connectivity index (χ2v) is 8.45. The Morgan fingerprint density at radius 2 is 1.59 bits per heavy atom. The first-order valence-electron chi connectivity index (χ1n) is 11.5. The summed E-state index contributed by atoms with van der Waals surface area (Å²) in [5.74, 6) is 0.549. The van der Waals surface area contributed by atoms with E-state index in [0.717, 1.165) is 75.1 Å². The van der Waals surface area contributed by atoms with Gasteiger partial charge >= 0.3 is 6.18 Å². The van der Waals surface area contributed by atoms with Crippen LogP contribution in [0.5, 0.6) is 0 Å². The van der Waals surface area contributed by atoms with Gasteiger partial charge in [0, 0.05) is 50.2 Å². The van der Waals surface area contributed by atoms with Gasteiger partial charge in [0.25, 0.3) is 0 Å². The molecule has 1 aliphatic heterocycles. The molecular formula is C26H28F4N4. The normalized spacial score (nSPS) is 14.9. The molecule has 34 heavy (non-hydrogen) atoms. The van der Waals surface area contributed by atoms with E-state index in [4.69, 9.17) is 0 Å². The Morgan fingerprint density at radius 1 is 0.853 bits per heavy atom. The summed E-state index contributed by atoms with van der Waals surface area (Å²) in [6.07, 6.45) is -0.509. The van der Waals surface area contributed by atoms with Gasteiger partial charge < -0.3 is 10.2 Å². The summed E-state index contributed by atoms with van der Waals surface area (Å²) in [6, 6.07) is 15.8. The predicted octanol–water partition coefficient (Wildman–Crippen LogP) is 5.92. The van der Waals surface area contributed by atoms with Gasteiger partial charge in [-0.3, -0.25) is 4.90 Å². The molecule has 180 valence electrons. The van der Waals surface area contributed by atoms with Crippen LogP contribution >= 0.6 is 0 Å². The highest BCUT2D eigenvalue weighted by atomic mass is 19.4. The van der Waals surface area contributed by atoms with Crippen molar-refractivity contribution in [1.82, 2.24) is 9.88 Å². The van der Waals surface area contributed by atoms with E-state index in [1.54, 1.807) is 24.4 Å². The van der Waals surface area contributed by atoms with Crippen LogP contribution in [0.2, 0.25) is 0 Å². The molecule has 3 aromatic rings. The first-order valence-corrected chi connectivity index (χ1v) is 11.5. The molecule has 0 atom stereocenters. The minimum absolute atomic E-state index is 0.257. The molecule has 0 bridgehead atoms. The minimum Gasteiger partial charge on any atom is -0.370 e. The fraction of sp³-hybridized carbons (Fsp3) is 0.346. The number of halogens is 4. The molecule has 1 saturated heterocycles. The number of hydrogen-bond donors (Lipinski definition) is 1. The van der Waals surface area contributed by atoms with E-state index >= 15 is 0 Å². The standard InChI is InChI=1S/C26H28F4N4/c27-23-9-6-20(7-10-23)21-8-11-25(32-19-21)31-12-1-2-13-33-14-16-34(17-15-33)24-5-3-4-22(18-24)26(28,29)30/h3-11,18-19H,1-2,12-17H2,(H,31,32). The monoisotopic (exact) mass is 472 g/mol. The summed E-state index contributed by atoms with van der Waals surface area (Å²) >= 11 is 0. The zero-order chi connectivity index (χ0) is 24.0. The first-order chi connectivity index (χ1) is 16.4. The fourth-order valence-electron chi connectivity index (χ4n) is 4.10. The predicted molar refractivity (Wildman–Crippen MR) is 127 cm³/mol. The maximum Gasteiger partial charge on any atom is 0.416 e. The number of unbranched alkanes of at least 4 members (excludes halogenated alkanes) is 1. The van der Waals surface area contributed by atoms with Gasteiger partial charge in [-0.1, -0.05) is 18.2 Å². The van der Waals surface area contributed by atoms with Crippen LogP contribution in [0.1, 0.15) is 18.4 Å². The third-order valence-corrected chi connectivity index (χ3v) is 6.06. The Bertz CT molecular complexity index is 1040. The van der Waals surface area contributed by atoms with E-state index in [0.29, 0.717) is 5.69 Å². The van der Waals surface area contributed by atoms with Crippen LogP contribution < -0.4 is 10.2 Å². The number of rotatable bonds is 8. The molecule has 0 amide bonds. The number of aromatic nitrogens is 1. The van der Waals surface area contributed by atoms with Gasteiger partial charge in [0.15, 0.2) is 0 Å². The molecule has 4 rings (SSSR count). The Hall–Kier alpha value is -3.13. The first kappa shape index (κ1) is 24.0. The van der Waals surface area contributed by atoms with Crippen molar-refractivity contribution in [3.8, 4) is 11.1 Å². The van der Waals surface area contributed by atoms with Gasteiger partial charge in [0.2, 0.25) is 0 Å². The number of benzene rings is 2. The smallest absolute Gasteiger partial charge is 0.370 e. The van der Waals surface area contributed by atoms with Crippen molar-refractivity contribution in [2.45, 2.75) is 19.0 Å². The lowest BCUT2D eigenvalue weighted by atomic mass is 10.1. The molecule has 0 radical (unpaired) electrons. The van der Waals surface area contributed by atoms with Crippen molar-refractivity contribution in [2.75, 3.05) is 49.5 Å². The van der Waals surface area contributed by atoms with E-state index in [2.05, 4.69) is 15.2 Å². The largest absolute Gasteiger partial charge is 0.416 e. The van der Waals surface area contributed by atoms with Crippen LogP contribution in [0.25, 0.3) is 11.1 Å². The van der Waals surface area contributed by atoms with E-state index in [9.17, 15) is 17.6 Å². The van der Waals surface area contributed by atoms with Gasteiger partial charge in [-0.05, 0) is 67.4 Å². The second kappa shape index (κ2) is 10.9. The molecule has 0 spiro atoms. The maximum absolute atomic E-state index is 13.1. The molecule has 8 heteroatoms. The van der Waals surface area contributed by atoms with Gasteiger partial charge in [-0.15, -0.1) is 0 Å². The maximum atomic E-state index is 13.1. The number of hydrogen-bond acceptors (Lipinski definition) is 4.